The summed E-state index contributed by atoms with van der Waals surface area (Å²) in [6.45, 7) is 3.84. The highest BCUT2D eigenvalue weighted by Gasteiger charge is 2.80. The minimum atomic E-state index is -1.15. The standard InChI is InChI=1S/C33H28N2O3S/c1-3-33-25(20-14-8-5-9-15-20)24(19-12-6-4-7-13-19)32(2,31(33)38)26-27(33)29(37)35(28(26)36)30-22(18-34)21-16-10-11-17-23(21)39-30/h4-9,12-15,26-27H,3,10-11,16-17H2,1-2H3/t26-,27-,32+,33-/m1/s1. The third-order valence-corrected chi connectivity index (χ3v) is 11.0. The molecule has 0 N–H and O–H groups in total. The van der Waals surface area contributed by atoms with Crippen molar-refractivity contribution in [3.8, 4) is 6.07 Å². The molecule has 2 amide bonds. The number of rotatable bonds is 4. The second-order valence-corrected chi connectivity index (χ2v) is 12.4. The molecule has 194 valence electrons. The molecule has 0 radical (unpaired) electrons. The average Bonchev–Trinajstić information content (AvgIpc) is 3.59. The largest absolute Gasteiger partial charge is 0.298 e. The van der Waals surface area contributed by atoms with Crippen LogP contribution in [0, 0.1) is 34.0 Å². The number of hydrogen-bond donors (Lipinski definition) is 0. The quantitative estimate of drug-likeness (QED) is 0.374. The lowest BCUT2D eigenvalue weighted by molar-refractivity contribution is -0.134. The maximum atomic E-state index is 14.6. The monoisotopic (exact) mass is 532 g/mol. The van der Waals surface area contributed by atoms with Crippen LogP contribution in [0.15, 0.2) is 60.7 Å². The van der Waals surface area contributed by atoms with Crippen molar-refractivity contribution < 1.29 is 14.4 Å². The van der Waals surface area contributed by atoms with E-state index in [1.165, 1.54) is 16.2 Å². The van der Waals surface area contributed by atoms with Gasteiger partial charge in [-0.15, -0.1) is 11.3 Å². The van der Waals surface area contributed by atoms with Crippen molar-refractivity contribution in [1.82, 2.24) is 0 Å². The van der Waals surface area contributed by atoms with Crippen LogP contribution in [0.2, 0.25) is 0 Å². The van der Waals surface area contributed by atoms with E-state index >= 15 is 0 Å². The number of thiophene rings is 1. The first-order valence-electron chi connectivity index (χ1n) is 13.7. The van der Waals surface area contributed by atoms with Gasteiger partial charge in [-0.2, -0.15) is 5.26 Å². The van der Waals surface area contributed by atoms with Crippen molar-refractivity contribution >= 4 is 45.1 Å². The van der Waals surface area contributed by atoms with Crippen LogP contribution in [0.25, 0.3) is 11.1 Å². The summed E-state index contributed by atoms with van der Waals surface area (Å²) in [6.07, 6.45) is 4.13. The van der Waals surface area contributed by atoms with E-state index in [4.69, 9.17) is 0 Å². The third kappa shape index (κ3) is 2.81. The fourth-order valence-electron chi connectivity index (χ4n) is 8.15. The Labute approximate surface area is 231 Å². The van der Waals surface area contributed by atoms with Crippen LogP contribution >= 0.6 is 11.3 Å². The lowest BCUT2D eigenvalue weighted by Crippen LogP contribution is -2.41. The van der Waals surface area contributed by atoms with Crippen LogP contribution in [-0.2, 0) is 27.2 Å². The zero-order valence-electron chi connectivity index (χ0n) is 22.0. The molecule has 0 spiro atoms. The smallest absolute Gasteiger partial charge is 0.239 e. The van der Waals surface area contributed by atoms with Crippen molar-refractivity contribution in [3.05, 3.63) is 87.8 Å². The molecular formula is C33H28N2O3S. The van der Waals surface area contributed by atoms with E-state index in [1.807, 2.05) is 74.5 Å². The fraction of sp³-hybridized carbons (Fsp3) is 0.333. The van der Waals surface area contributed by atoms with Gasteiger partial charge in [0.2, 0.25) is 11.8 Å². The molecule has 0 unspecified atom stereocenters. The predicted molar refractivity (Wildman–Crippen MR) is 151 cm³/mol. The van der Waals surface area contributed by atoms with Gasteiger partial charge in [0.05, 0.1) is 28.2 Å². The van der Waals surface area contributed by atoms with Crippen LogP contribution in [0.1, 0.15) is 60.2 Å². The Hall–Kier alpha value is -3.82. The van der Waals surface area contributed by atoms with Crippen LogP contribution in [0.5, 0.6) is 0 Å². The van der Waals surface area contributed by atoms with Gasteiger partial charge >= 0.3 is 0 Å². The Kier molecular flexibility index (Phi) is 5.18. The van der Waals surface area contributed by atoms with Crippen molar-refractivity contribution in [2.75, 3.05) is 4.90 Å². The minimum absolute atomic E-state index is 0.0301. The number of fused-ring (bicyclic) bond motifs is 6. The molecule has 39 heavy (non-hydrogen) atoms. The van der Waals surface area contributed by atoms with E-state index < -0.39 is 22.7 Å². The van der Waals surface area contributed by atoms with Gasteiger partial charge in [-0.25, -0.2) is 4.90 Å². The van der Waals surface area contributed by atoms with Gasteiger partial charge in [-0.3, -0.25) is 14.4 Å². The van der Waals surface area contributed by atoms with E-state index in [2.05, 4.69) is 6.07 Å². The molecule has 1 saturated carbocycles. The highest BCUT2D eigenvalue weighted by molar-refractivity contribution is 7.17. The van der Waals surface area contributed by atoms with Gasteiger partial charge < -0.3 is 0 Å². The molecule has 2 aromatic carbocycles. The van der Waals surface area contributed by atoms with Gasteiger partial charge in [-0.05, 0) is 66.9 Å². The third-order valence-electron chi connectivity index (χ3n) is 9.70. The van der Waals surface area contributed by atoms with Gasteiger partial charge in [0.25, 0.3) is 0 Å². The maximum Gasteiger partial charge on any atom is 0.239 e. The summed E-state index contributed by atoms with van der Waals surface area (Å²) >= 11 is 1.42. The van der Waals surface area contributed by atoms with Gasteiger partial charge in [0.15, 0.2) is 5.78 Å². The van der Waals surface area contributed by atoms with Gasteiger partial charge in [-0.1, -0.05) is 67.6 Å². The van der Waals surface area contributed by atoms with Gasteiger partial charge in [0.1, 0.15) is 11.1 Å². The van der Waals surface area contributed by atoms with Crippen LogP contribution in [0.3, 0.4) is 0 Å². The summed E-state index contributed by atoms with van der Waals surface area (Å²) in [7, 11) is 0. The van der Waals surface area contributed by atoms with Crippen molar-refractivity contribution in [3.63, 3.8) is 0 Å². The van der Waals surface area contributed by atoms with E-state index in [0.29, 0.717) is 17.0 Å². The number of anilines is 1. The Morgan fingerprint density at radius 3 is 2.10 bits per heavy atom. The van der Waals surface area contributed by atoms with E-state index in [-0.39, 0.29) is 17.6 Å². The fourth-order valence-corrected chi connectivity index (χ4v) is 9.50. The Balaban J connectivity index is 1.48. The first kappa shape index (κ1) is 24.2. The van der Waals surface area contributed by atoms with E-state index in [9.17, 15) is 19.6 Å². The minimum Gasteiger partial charge on any atom is -0.298 e. The predicted octanol–water partition coefficient (Wildman–Crippen LogP) is 6.21. The van der Waals surface area contributed by atoms with Gasteiger partial charge in [0, 0.05) is 4.88 Å². The summed E-state index contributed by atoms with van der Waals surface area (Å²) in [5, 5.41) is 10.6. The summed E-state index contributed by atoms with van der Waals surface area (Å²) in [5.41, 5.74) is 2.74. The molecule has 1 aromatic heterocycles. The van der Waals surface area contributed by atoms with Crippen molar-refractivity contribution in [1.29, 1.82) is 5.26 Å². The summed E-state index contributed by atoms with van der Waals surface area (Å²) in [6, 6.07) is 22.0. The summed E-state index contributed by atoms with van der Waals surface area (Å²) < 4.78 is 0. The van der Waals surface area contributed by atoms with Crippen molar-refractivity contribution in [2.24, 2.45) is 22.7 Å². The van der Waals surface area contributed by atoms with Crippen LogP contribution in [-0.4, -0.2) is 17.6 Å². The maximum absolute atomic E-state index is 14.6. The second-order valence-electron chi connectivity index (χ2n) is 11.3. The highest BCUT2D eigenvalue weighted by Crippen LogP contribution is 2.74. The van der Waals surface area contributed by atoms with Crippen molar-refractivity contribution in [2.45, 2.75) is 46.0 Å². The lowest BCUT2D eigenvalue weighted by Gasteiger charge is -2.37. The highest BCUT2D eigenvalue weighted by atomic mass is 32.1. The molecular weight excluding hydrogens is 504 g/mol. The molecule has 4 atom stereocenters. The number of ketones is 1. The Morgan fingerprint density at radius 1 is 0.897 bits per heavy atom. The number of carbonyl (C=O) groups excluding carboxylic acids is 3. The number of nitriles is 1. The number of amides is 2. The number of nitrogens with zero attached hydrogens (tertiary/aromatic N) is 2. The molecule has 2 fully saturated rings. The molecule has 5 nitrogen and oxygen atoms in total. The number of hydrogen-bond acceptors (Lipinski definition) is 5. The normalized spacial score (nSPS) is 29.2. The average molecular weight is 533 g/mol. The zero-order chi connectivity index (χ0) is 27.1. The number of carbonyl (C=O) groups is 3. The molecule has 2 bridgehead atoms. The van der Waals surface area contributed by atoms with Crippen LogP contribution in [0.4, 0.5) is 5.00 Å². The Bertz CT molecular complexity index is 1650. The number of Topliss-reactive ketones (excluding diaryl/α,β-unsaturated/α-hetero) is 1. The number of aryl methyl sites for hydroxylation is 1. The molecule has 6 heteroatoms. The number of imide groups is 1. The lowest BCUT2D eigenvalue weighted by atomic mass is 9.62. The first-order valence-corrected chi connectivity index (χ1v) is 14.6. The zero-order valence-corrected chi connectivity index (χ0v) is 22.8. The topological polar surface area (TPSA) is 78.2 Å². The molecule has 2 heterocycles. The summed E-state index contributed by atoms with van der Waals surface area (Å²) in [5.74, 6) is -2.30. The second kappa shape index (κ2) is 8.34. The van der Waals surface area contributed by atoms with E-state index in [0.717, 1.165) is 58.4 Å². The van der Waals surface area contributed by atoms with Crippen LogP contribution < -0.4 is 4.90 Å². The number of allylic oxidation sites excluding steroid dienone is 2. The summed E-state index contributed by atoms with van der Waals surface area (Å²) in [4.78, 5) is 45.9. The molecule has 3 aliphatic carbocycles. The molecule has 1 saturated heterocycles. The van der Waals surface area contributed by atoms with E-state index in [1.54, 1.807) is 0 Å². The molecule has 1 aliphatic heterocycles. The molecule has 4 aliphatic rings. The molecule has 7 rings (SSSR count). The first-order chi connectivity index (χ1) is 18.9. The number of benzene rings is 2. The molecule has 3 aromatic rings. The Morgan fingerprint density at radius 2 is 1.49 bits per heavy atom. The SMILES string of the molecule is CC[C@@]12C(=O)[C@@](C)(C(c3ccccc3)=C1c1ccccc1)[C@H]1C(=O)N(c3sc4c(c3C#N)CCCC4)C(=O)[C@@H]12.